The number of aliphatic carboxylic acids is 6. The monoisotopic (exact) mass is 711 g/mol. The van der Waals surface area contributed by atoms with Gasteiger partial charge in [0.25, 0.3) is 0 Å². The van der Waals surface area contributed by atoms with E-state index in [1.54, 1.807) is 36.4 Å². The zero-order valence-corrected chi connectivity index (χ0v) is 27.6. The number of likely N-dealkylation sites (N-methyl/N-ethyl adjacent to an activating group) is 1. The molecule has 0 spiro atoms. The quantitative estimate of drug-likeness (QED) is 0.136. The Kier molecular flexibility index (Phi) is 20.5. The summed E-state index contributed by atoms with van der Waals surface area (Å²) in [4.78, 5) is 74.6. The van der Waals surface area contributed by atoms with Crippen LogP contribution in [0.3, 0.4) is 0 Å². The zero-order valence-electron chi connectivity index (χ0n) is 27.6. The summed E-state index contributed by atoms with van der Waals surface area (Å²) in [6.45, 7) is 13.7. The maximum absolute atomic E-state index is 13.4. The molecule has 0 radical (unpaired) electrons. The van der Waals surface area contributed by atoms with Gasteiger partial charge in [-0.15, -0.1) is 0 Å². The van der Waals surface area contributed by atoms with Crippen LogP contribution in [0.5, 0.6) is 5.75 Å². The number of Topliss-reactive ketones (excluding diaryl/α,β-unsaturated/α-hetero) is 1. The summed E-state index contributed by atoms with van der Waals surface area (Å²) in [5.74, 6) is -10.9. The molecule has 2 unspecified atom stereocenters. The van der Waals surface area contributed by atoms with Gasteiger partial charge in [0.05, 0.1) is 0 Å². The molecular weight excluding hydrogens is 669 g/mol. The van der Waals surface area contributed by atoms with Crippen molar-refractivity contribution >= 4 is 41.6 Å². The number of hydrogen-bond donors (Lipinski definition) is 7. The molecule has 0 amide bonds. The van der Waals surface area contributed by atoms with Crippen LogP contribution in [-0.4, -0.2) is 144 Å². The maximum Gasteiger partial charge on any atom is 0.414 e. The average molecular weight is 712 g/mol. The third kappa shape index (κ3) is 17.6. The van der Waals surface area contributed by atoms with Crippen LogP contribution in [0.15, 0.2) is 48.5 Å². The van der Waals surface area contributed by atoms with Gasteiger partial charge in [-0.1, -0.05) is 32.9 Å². The highest BCUT2D eigenvalue weighted by atomic mass is 19.1. The van der Waals surface area contributed by atoms with Crippen molar-refractivity contribution in [3.63, 3.8) is 0 Å². The number of halogens is 1. The molecule has 1 aliphatic rings. The maximum atomic E-state index is 13.4. The van der Waals surface area contributed by atoms with E-state index in [2.05, 4.69) is 28.5 Å². The number of carboxylic acid groups (broad SMARTS) is 6. The summed E-state index contributed by atoms with van der Waals surface area (Å²) in [6, 6.07) is 13.7. The van der Waals surface area contributed by atoms with E-state index in [1.165, 1.54) is 0 Å². The van der Waals surface area contributed by atoms with E-state index in [0.29, 0.717) is 5.56 Å². The molecule has 0 aliphatic carbocycles. The van der Waals surface area contributed by atoms with Crippen LogP contribution < -0.4 is 0 Å². The SMILES string of the molecule is CCN(CC)C(CN1CCN(CC(C)C(=O)c2ccc(O)cc2)CC1)c1ccc(F)cc1.O=C(O)C(=O)O.O=C(O)C(=O)O.O=C(O)C(=O)O. The first kappa shape index (κ1) is 44.5. The Morgan fingerprint density at radius 2 is 1.00 bits per heavy atom. The molecule has 1 saturated heterocycles. The predicted molar refractivity (Wildman–Crippen MR) is 172 cm³/mol. The lowest BCUT2D eigenvalue weighted by Crippen LogP contribution is -2.50. The smallest absolute Gasteiger partial charge is 0.414 e. The first-order valence-electron chi connectivity index (χ1n) is 15.0. The molecule has 1 aliphatic heterocycles. The Labute approximate surface area is 286 Å². The lowest BCUT2D eigenvalue weighted by Gasteiger charge is -2.39. The van der Waals surface area contributed by atoms with Gasteiger partial charge in [0.2, 0.25) is 0 Å². The third-order valence-electron chi connectivity index (χ3n) is 7.08. The Balaban J connectivity index is 0.00000109. The van der Waals surface area contributed by atoms with Gasteiger partial charge in [-0.2, -0.15) is 0 Å². The molecule has 1 fully saturated rings. The van der Waals surface area contributed by atoms with Crippen molar-refractivity contribution in [1.29, 1.82) is 0 Å². The summed E-state index contributed by atoms with van der Waals surface area (Å²) in [6.07, 6.45) is 0. The summed E-state index contributed by atoms with van der Waals surface area (Å²) < 4.78 is 13.4. The topological polar surface area (TPSA) is 271 Å². The Hall–Kier alpha value is -5.46. The molecule has 276 valence electrons. The number of phenols is 1. The van der Waals surface area contributed by atoms with Crippen molar-refractivity contribution in [3.8, 4) is 5.75 Å². The molecule has 17 nitrogen and oxygen atoms in total. The molecular formula is C32H42FN3O14. The van der Waals surface area contributed by atoms with E-state index < -0.39 is 35.8 Å². The van der Waals surface area contributed by atoms with E-state index >= 15 is 0 Å². The normalized spacial score (nSPS) is 13.8. The molecule has 1 heterocycles. The Bertz CT molecular complexity index is 1330. The molecule has 2 aromatic rings. The number of piperazine rings is 1. The summed E-state index contributed by atoms with van der Waals surface area (Å²) in [5.41, 5.74) is 1.81. The first-order valence-corrected chi connectivity index (χ1v) is 15.0. The number of rotatable bonds is 10. The molecule has 0 saturated carbocycles. The lowest BCUT2D eigenvalue weighted by molar-refractivity contribution is -0.159. The minimum Gasteiger partial charge on any atom is -0.508 e. The van der Waals surface area contributed by atoms with Crippen LogP contribution in [0.25, 0.3) is 0 Å². The second-order valence-electron chi connectivity index (χ2n) is 10.5. The van der Waals surface area contributed by atoms with Crippen molar-refractivity contribution in [2.45, 2.75) is 26.8 Å². The first-order chi connectivity index (χ1) is 23.3. The molecule has 50 heavy (non-hydrogen) atoms. The zero-order chi connectivity index (χ0) is 38.6. The second-order valence-corrected chi connectivity index (χ2v) is 10.5. The van der Waals surface area contributed by atoms with E-state index in [1.807, 2.05) is 19.1 Å². The largest absolute Gasteiger partial charge is 0.508 e. The van der Waals surface area contributed by atoms with E-state index in [-0.39, 0.29) is 29.3 Å². The number of carboxylic acids is 6. The van der Waals surface area contributed by atoms with E-state index in [0.717, 1.165) is 57.9 Å². The van der Waals surface area contributed by atoms with Crippen LogP contribution in [0.2, 0.25) is 0 Å². The van der Waals surface area contributed by atoms with Gasteiger partial charge in [-0.3, -0.25) is 14.6 Å². The van der Waals surface area contributed by atoms with Crippen LogP contribution >= 0.6 is 0 Å². The number of aromatic hydroxyl groups is 1. The fourth-order valence-corrected chi connectivity index (χ4v) is 4.56. The van der Waals surface area contributed by atoms with Gasteiger partial charge in [-0.25, -0.2) is 33.2 Å². The fourth-order valence-electron chi connectivity index (χ4n) is 4.56. The third-order valence-corrected chi connectivity index (χ3v) is 7.08. The molecule has 18 heteroatoms. The van der Waals surface area contributed by atoms with Gasteiger partial charge in [0.1, 0.15) is 11.6 Å². The number of carbonyl (C=O) groups is 7. The fraction of sp³-hybridized carbons (Fsp3) is 0.406. The van der Waals surface area contributed by atoms with Gasteiger partial charge >= 0.3 is 35.8 Å². The number of phenolic OH excluding ortho intramolecular Hbond substituents is 1. The average Bonchev–Trinajstić information content (AvgIpc) is 3.06. The molecule has 2 atom stereocenters. The summed E-state index contributed by atoms with van der Waals surface area (Å²) in [7, 11) is 0. The van der Waals surface area contributed by atoms with Gasteiger partial charge in [-0.05, 0) is 55.1 Å². The minimum atomic E-state index is -1.82. The molecule has 3 rings (SSSR count). The number of hydrogen-bond acceptors (Lipinski definition) is 11. The molecule has 2 aromatic carbocycles. The Morgan fingerprint density at radius 3 is 1.34 bits per heavy atom. The molecule has 0 bridgehead atoms. The highest BCUT2D eigenvalue weighted by Crippen LogP contribution is 2.23. The van der Waals surface area contributed by atoms with Crippen LogP contribution in [0.4, 0.5) is 4.39 Å². The van der Waals surface area contributed by atoms with Gasteiger partial charge < -0.3 is 40.6 Å². The standard InChI is InChI=1S/C26H36FN3O2.3C2H2O4/c1-4-30(5-2)25(21-6-10-23(27)11-7-21)19-29-16-14-28(15-17-29)18-20(3)26(32)22-8-12-24(31)13-9-22;3*3-1(4)2(5)6/h6-13,20,25,31H,4-5,14-19H2,1-3H3;3*(H,3,4)(H,5,6). The van der Waals surface area contributed by atoms with Crippen molar-refractivity contribution in [3.05, 3.63) is 65.5 Å². The second kappa shape index (κ2) is 23.0. The summed E-state index contributed by atoms with van der Waals surface area (Å²) in [5, 5.41) is 53.8. The van der Waals surface area contributed by atoms with Crippen molar-refractivity contribution in [2.75, 3.05) is 52.4 Å². The van der Waals surface area contributed by atoms with Crippen molar-refractivity contribution < 1.29 is 73.7 Å². The van der Waals surface area contributed by atoms with Crippen LogP contribution in [0.1, 0.15) is 42.7 Å². The number of carbonyl (C=O) groups excluding carboxylic acids is 1. The van der Waals surface area contributed by atoms with Gasteiger partial charge in [0, 0.05) is 56.8 Å². The van der Waals surface area contributed by atoms with E-state index in [9.17, 15) is 14.3 Å². The molecule has 0 aromatic heterocycles. The number of nitrogens with zero attached hydrogens (tertiary/aromatic N) is 3. The van der Waals surface area contributed by atoms with Crippen molar-refractivity contribution in [2.24, 2.45) is 5.92 Å². The van der Waals surface area contributed by atoms with Gasteiger partial charge in [0.15, 0.2) is 5.78 Å². The number of benzene rings is 2. The van der Waals surface area contributed by atoms with Crippen molar-refractivity contribution in [1.82, 2.24) is 14.7 Å². The highest BCUT2D eigenvalue weighted by molar-refractivity contribution is 6.28. The predicted octanol–water partition coefficient (Wildman–Crippen LogP) is 1.52. The van der Waals surface area contributed by atoms with Crippen LogP contribution in [-0.2, 0) is 28.8 Å². The number of ketones is 1. The minimum absolute atomic E-state index is 0.0891. The summed E-state index contributed by atoms with van der Waals surface area (Å²) >= 11 is 0. The van der Waals surface area contributed by atoms with Crippen LogP contribution in [0, 0.1) is 11.7 Å². The van der Waals surface area contributed by atoms with E-state index in [4.69, 9.17) is 59.4 Å². The lowest BCUT2D eigenvalue weighted by atomic mass is 9.98. The Morgan fingerprint density at radius 1 is 0.640 bits per heavy atom. The highest BCUT2D eigenvalue weighted by Gasteiger charge is 2.26. The molecule has 7 N–H and O–H groups in total.